The summed E-state index contributed by atoms with van der Waals surface area (Å²) in [5, 5.41) is 3.95. The average Bonchev–Trinajstić information content (AvgIpc) is 2.46. The summed E-state index contributed by atoms with van der Waals surface area (Å²) in [6.07, 6.45) is 1.48. The van der Waals surface area contributed by atoms with Crippen LogP contribution >= 0.6 is 11.3 Å². The highest BCUT2D eigenvalue weighted by atomic mass is 32.1. The number of carbonyl (C=O) groups is 1. The summed E-state index contributed by atoms with van der Waals surface area (Å²) in [4.78, 5) is 9.88. The Hall–Kier alpha value is -0.670. The number of hydrogen-bond donors (Lipinski definition) is 1. The van der Waals surface area contributed by atoms with Crippen molar-refractivity contribution in [3.63, 3.8) is 0 Å². The van der Waals surface area contributed by atoms with Crippen LogP contribution in [-0.2, 0) is 11.2 Å². The zero-order chi connectivity index (χ0) is 7.82. The molecule has 0 unspecified atom stereocenters. The normalized spacial score (nSPS) is 7.80. The molecule has 0 amide bonds. The fourth-order valence-corrected chi connectivity index (χ4v) is 1.19. The van der Waals surface area contributed by atoms with Gasteiger partial charge in [0.2, 0.25) is 0 Å². The van der Waals surface area contributed by atoms with Crippen LogP contribution in [-0.4, -0.2) is 13.3 Å². The van der Waals surface area contributed by atoms with Crippen molar-refractivity contribution < 1.29 is 4.79 Å². The first-order valence-electron chi connectivity index (χ1n) is 2.96. The third-order valence-corrected chi connectivity index (χ3v) is 1.63. The van der Waals surface area contributed by atoms with Gasteiger partial charge in [-0.15, -0.1) is 0 Å². The van der Waals surface area contributed by atoms with Gasteiger partial charge in [0.15, 0.2) is 0 Å². The third kappa shape index (κ3) is 3.37. The molecular formula is C7H11NOS. The summed E-state index contributed by atoms with van der Waals surface area (Å²) >= 11 is 1.62. The van der Waals surface area contributed by atoms with Crippen LogP contribution in [0.2, 0.25) is 0 Å². The van der Waals surface area contributed by atoms with E-state index in [4.69, 9.17) is 0 Å². The highest BCUT2D eigenvalue weighted by molar-refractivity contribution is 7.07. The Morgan fingerprint density at radius 1 is 1.70 bits per heavy atom. The first-order valence-corrected chi connectivity index (χ1v) is 3.90. The molecule has 3 heteroatoms. The van der Waals surface area contributed by atoms with Crippen molar-refractivity contribution in [2.24, 2.45) is 5.73 Å². The van der Waals surface area contributed by atoms with Gasteiger partial charge in [0.25, 0.3) is 0 Å². The lowest BCUT2D eigenvalue weighted by Gasteiger charge is -1.78. The van der Waals surface area contributed by atoms with E-state index < -0.39 is 0 Å². The predicted octanol–water partition coefficient (Wildman–Crippen LogP) is 1.06. The Morgan fingerprint density at radius 2 is 2.40 bits per heavy atom. The molecule has 0 atom stereocenters. The van der Waals surface area contributed by atoms with Crippen LogP contribution in [0.3, 0.4) is 0 Å². The predicted molar refractivity (Wildman–Crippen MR) is 44.2 cm³/mol. The minimum Gasteiger partial charge on any atom is -0.333 e. The summed E-state index contributed by atoms with van der Waals surface area (Å²) in [5.74, 6) is 0. The second-order valence-corrected chi connectivity index (χ2v) is 2.28. The molecule has 1 heterocycles. The summed E-state index contributed by atoms with van der Waals surface area (Å²) in [6, 6.07) is 1.96. The molecule has 0 radical (unpaired) electrons. The monoisotopic (exact) mass is 157 g/mol. The number of aldehydes is 1. The van der Waals surface area contributed by atoms with Gasteiger partial charge in [-0.25, -0.2) is 0 Å². The van der Waals surface area contributed by atoms with Crippen molar-refractivity contribution in [3.8, 4) is 0 Å². The average molecular weight is 157 g/mol. The molecule has 0 fully saturated rings. The lowest BCUT2D eigenvalue weighted by atomic mass is 10.3. The van der Waals surface area contributed by atoms with Gasteiger partial charge < -0.3 is 10.5 Å². The summed E-state index contributed by atoms with van der Waals surface area (Å²) in [7, 11) is 1.50. The van der Waals surface area contributed by atoms with Crippen molar-refractivity contribution in [3.05, 3.63) is 22.4 Å². The molecule has 0 saturated carbocycles. The number of carbonyl (C=O) groups excluding carboxylic acids is 1. The Bertz CT molecular complexity index is 160. The molecule has 0 aromatic carbocycles. The van der Waals surface area contributed by atoms with Crippen LogP contribution in [0.15, 0.2) is 16.8 Å². The minimum atomic E-state index is 0.559. The van der Waals surface area contributed by atoms with Crippen LogP contribution < -0.4 is 5.73 Å². The van der Waals surface area contributed by atoms with Crippen molar-refractivity contribution in [1.82, 2.24) is 0 Å². The van der Waals surface area contributed by atoms with E-state index in [1.807, 2.05) is 16.8 Å². The van der Waals surface area contributed by atoms with E-state index in [-0.39, 0.29) is 0 Å². The highest BCUT2D eigenvalue weighted by Gasteiger charge is 1.86. The Labute approximate surface area is 64.7 Å². The smallest absolute Gasteiger partial charge is 0.124 e. The van der Waals surface area contributed by atoms with Gasteiger partial charge in [0.05, 0.1) is 0 Å². The first-order chi connectivity index (χ1) is 4.93. The molecule has 2 N–H and O–H groups in total. The third-order valence-electron chi connectivity index (χ3n) is 0.899. The maximum atomic E-state index is 9.88. The van der Waals surface area contributed by atoms with Gasteiger partial charge in [-0.2, -0.15) is 11.3 Å². The van der Waals surface area contributed by atoms with E-state index >= 15 is 0 Å². The molecule has 0 bridgehead atoms. The van der Waals surface area contributed by atoms with Crippen molar-refractivity contribution in [2.75, 3.05) is 7.05 Å². The van der Waals surface area contributed by atoms with Gasteiger partial charge in [-0.05, 0) is 29.4 Å². The number of hydrogen-bond acceptors (Lipinski definition) is 3. The van der Waals surface area contributed by atoms with Crippen molar-refractivity contribution >= 4 is 17.6 Å². The second-order valence-electron chi connectivity index (χ2n) is 1.50. The summed E-state index contributed by atoms with van der Waals surface area (Å²) in [5.41, 5.74) is 5.62. The molecule has 2 nitrogen and oxygen atoms in total. The molecule has 0 saturated heterocycles. The Kier molecular flexibility index (Phi) is 6.02. The van der Waals surface area contributed by atoms with E-state index in [0.717, 1.165) is 11.8 Å². The van der Waals surface area contributed by atoms with Crippen LogP contribution in [0.5, 0.6) is 0 Å². The molecule has 0 aliphatic carbocycles. The molecule has 1 aromatic heterocycles. The van der Waals surface area contributed by atoms with Gasteiger partial charge in [0.1, 0.15) is 6.29 Å². The minimum absolute atomic E-state index is 0.559. The highest BCUT2D eigenvalue weighted by Crippen LogP contribution is 2.04. The van der Waals surface area contributed by atoms with E-state index in [2.05, 4.69) is 5.73 Å². The Balaban J connectivity index is 0.000000371. The van der Waals surface area contributed by atoms with Crippen molar-refractivity contribution in [2.45, 2.75) is 6.42 Å². The van der Waals surface area contributed by atoms with Crippen LogP contribution in [0, 0.1) is 0 Å². The number of rotatable bonds is 2. The standard InChI is InChI=1S/C6H6OS.CH5N/c7-3-1-6-2-4-8-5-6;1-2/h2-5H,1H2;2H2,1H3. The molecule has 0 spiro atoms. The van der Waals surface area contributed by atoms with E-state index in [9.17, 15) is 4.79 Å². The lowest BCUT2D eigenvalue weighted by Crippen LogP contribution is -1.78. The second kappa shape index (κ2) is 6.45. The fraction of sp³-hybridized carbons (Fsp3) is 0.286. The van der Waals surface area contributed by atoms with Gasteiger partial charge in [-0.3, -0.25) is 0 Å². The molecular weight excluding hydrogens is 146 g/mol. The molecule has 1 rings (SSSR count). The molecule has 10 heavy (non-hydrogen) atoms. The van der Waals surface area contributed by atoms with E-state index in [1.54, 1.807) is 11.3 Å². The number of thiophene rings is 1. The lowest BCUT2D eigenvalue weighted by molar-refractivity contribution is -0.107. The van der Waals surface area contributed by atoms with Crippen LogP contribution in [0.4, 0.5) is 0 Å². The Morgan fingerprint density at radius 3 is 2.80 bits per heavy atom. The largest absolute Gasteiger partial charge is 0.333 e. The van der Waals surface area contributed by atoms with E-state index in [1.165, 1.54) is 7.05 Å². The summed E-state index contributed by atoms with van der Waals surface area (Å²) < 4.78 is 0. The SMILES string of the molecule is CN.O=CCc1ccsc1. The molecule has 56 valence electrons. The molecule has 1 aromatic rings. The summed E-state index contributed by atoms with van der Waals surface area (Å²) in [6.45, 7) is 0. The zero-order valence-corrected chi connectivity index (χ0v) is 6.73. The number of nitrogens with two attached hydrogens (primary N) is 1. The maximum Gasteiger partial charge on any atom is 0.124 e. The quantitative estimate of drug-likeness (QED) is 0.652. The first kappa shape index (κ1) is 9.33. The van der Waals surface area contributed by atoms with Crippen LogP contribution in [0.25, 0.3) is 0 Å². The van der Waals surface area contributed by atoms with Crippen LogP contribution in [0.1, 0.15) is 5.56 Å². The fourth-order valence-electron chi connectivity index (χ4n) is 0.505. The van der Waals surface area contributed by atoms with E-state index in [0.29, 0.717) is 6.42 Å². The topological polar surface area (TPSA) is 43.1 Å². The van der Waals surface area contributed by atoms with Gasteiger partial charge in [-0.1, -0.05) is 0 Å². The molecule has 0 aliphatic rings. The van der Waals surface area contributed by atoms with Gasteiger partial charge in [0, 0.05) is 6.42 Å². The zero-order valence-electron chi connectivity index (χ0n) is 5.91. The van der Waals surface area contributed by atoms with Crippen molar-refractivity contribution in [1.29, 1.82) is 0 Å². The molecule has 0 aliphatic heterocycles. The maximum absolute atomic E-state index is 9.88. The van der Waals surface area contributed by atoms with Gasteiger partial charge >= 0.3 is 0 Å².